The van der Waals surface area contributed by atoms with E-state index in [1.165, 1.54) is 47.9 Å². The van der Waals surface area contributed by atoms with Crippen LogP contribution in [0.3, 0.4) is 0 Å². The molecule has 0 nitrogen and oxygen atoms in total. The van der Waals surface area contributed by atoms with Gasteiger partial charge in [-0.1, -0.05) is 32.1 Å². The third kappa shape index (κ3) is 2.57. The van der Waals surface area contributed by atoms with Crippen LogP contribution in [-0.2, 0) is 6.42 Å². The molecule has 0 spiro atoms. The summed E-state index contributed by atoms with van der Waals surface area (Å²) in [6, 6.07) is 2.27. The van der Waals surface area contributed by atoms with E-state index in [4.69, 9.17) is 0 Å². The molecule has 0 radical (unpaired) electrons. The number of rotatable bonds is 2. The monoisotopic (exact) mass is 258 g/mol. The van der Waals surface area contributed by atoms with E-state index in [1.807, 2.05) is 11.3 Å². The van der Waals surface area contributed by atoms with Gasteiger partial charge in [0.05, 0.1) is 3.79 Å². The fourth-order valence-electron chi connectivity index (χ4n) is 2.17. The second-order valence-electron chi connectivity index (χ2n) is 3.93. The van der Waals surface area contributed by atoms with Crippen LogP contribution in [0.2, 0.25) is 0 Å². The molecule has 0 amide bonds. The highest BCUT2D eigenvalue weighted by molar-refractivity contribution is 9.11. The predicted molar refractivity (Wildman–Crippen MR) is 62.3 cm³/mol. The lowest BCUT2D eigenvalue weighted by Crippen LogP contribution is -2.08. The summed E-state index contributed by atoms with van der Waals surface area (Å²) in [4.78, 5) is 0. The second kappa shape index (κ2) is 4.61. The van der Waals surface area contributed by atoms with Crippen molar-refractivity contribution in [3.05, 3.63) is 20.8 Å². The van der Waals surface area contributed by atoms with Crippen molar-refractivity contribution in [3.8, 4) is 0 Å². The molecule has 0 saturated heterocycles. The lowest BCUT2D eigenvalue weighted by atomic mass is 9.85. The fraction of sp³-hybridized carbons (Fsp3) is 0.636. The summed E-state index contributed by atoms with van der Waals surface area (Å²) in [5.74, 6) is 0.958. The number of thiophene rings is 1. The average molecular weight is 259 g/mol. The third-order valence-electron chi connectivity index (χ3n) is 2.93. The van der Waals surface area contributed by atoms with Gasteiger partial charge in [-0.15, -0.1) is 11.3 Å². The summed E-state index contributed by atoms with van der Waals surface area (Å²) in [6.45, 7) is 0. The van der Waals surface area contributed by atoms with Crippen LogP contribution in [0.1, 0.15) is 37.7 Å². The van der Waals surface area contributed by atoms with Gasteiger partial charge in [0.25, 0.3) is 0 Å². The van der Waals surface area contributed by atoms with Crippen LogP contribution in [0.4, 0.5) is 0 Å². The van der Waals surface area contributed by atoms with Crippen molar-refractivity contribution >= 4 is 27.3 Å². The Kier molecular flexibility index (Phi) is 3.45. The van der Waals surface area contributed by atoms with Crippen LogP contribution < -0.4 is 0 Å². The summed E-state index contributed by atoms with van der Waals surface area (Å²) < 4.78 is 1.35. The largest absolute Gasteiger partial charge is 0.137 e. The molecular weight excluding hydrogens is 244 g/mol. The zero-order chi connectivity index (χ0) is 9.10. The van der Waals surface area contributed by atoms with Gasteiger partial charge in [0.1, 0.15) is 0 Å². The SMILES string of the molecule is Brc1sccc1CC1CCCCC1. The zero-order valence-electron chi connectivity index (χ0n) is 7.76. The van der Waals surface area contributed by atoms with Gasteiger partial charge in [0.15, 0.2) is 0 Å². The summed E-state index contributed by atoms with van der Waals surface area (Å²) in [5, 5.41) is 2.18. The summed E-state index contributed by atoms with van der Waals surface area (Å²) in [5.41, 5.74) is 1.52. The zero-order valence-corrected chi connectivity index (χ0v) is 10.2. The average Bonchev–Trinajstić information content (AvgIpc) is 2.54. The summed E-state index contributed by atoms with van der Waals surface area (Å²) in [7, 11) is 0. The first-order chi connectivity index (χ1) is 6.36. The molecule has 1 heterocycles. The molecule has 0 unspecified atom stereocenters. The first kappa shape index (κ1) is 9.72. The van der Waals surface area contributed by atoms with Crippen molar-refractivity contribution in [1.29, 1.82) is 0 Å². The van der Waals surface area contributed by atoms with E-state index in [0.29, 0.717) is 0 Å². The minimum atomic E-state index is 0.958. The highest BCUT2D eigenvalue weighted by Gasteiger charge is 2.15. The van der Waals surface area contributed by atoms with Gasteiger partial charge < -0.3 is 0 Å². The quantitative estimate of drug-likeness (QED) is 0.726. The lowest BCUT2D eigenvalue weighted by molar-refractivity contribution is 0.356. The number of halogens is 1. The normalized spacial score (nSPS) is 19.2. The lowest BCUT2D eigenvalue weighted by Gasteiger charge is -2.21. The number of hydrogen-bond acceptors (Lipinski definition) is 1. The molecule has 0 aliphatic heterocycles. The fourth-order valence-corrected chi connectivity index (χ4v) is 3.44. The molecule has 2 heteroatoms. The Morgan fingerprint density at radius 3 is 2.69 bits per heavy atom. The maximum atomic E-state index is 3.61. The Morgan fingerprint density at radius 2 is 2.08 bits per heavy atom. The van der Waals surface area contributed by atoms with Crippen molar-refractivity contribution < 1.29 is 0 Å². The summed E-state index contributed by atoms with van der Waals surface area (Å²) in [6.07, 6.45) is 8.55. The van der Waals surface area contributed by atoms with E-state index in [2.05, 4.69) is 27.4 Å². The topological polar surface area (TPSA) is 0 Å². The number of hydrogen-bond donors (Lipinski definition) is 0. The van der Waals surface area contributed by atoms with E-state index in [9.17, 15) is 0 Å². The van der Waals surface area contributed by atoms with Crippen molar-refractivity contribution in [2.75, 3.05) is 0 Å². The Morgan fingerprint density at radius 1 is 1.31 bits per heavy atom. The van der Waals surface area contributed by atoms with Gasteiger partial charge in [-0.3, -0.25) is 0 Å². The van der Waals surface area contributed by atoms with Gasteiger partial charge >= 0.3 is 0 Å². The Balaban J connectivity index is 1.93. The van der Waals surface area contributed by atoms with E-state index >= 15 is 0 Å². The molecule has 1 aliphatic carbocycles. The van der Waals surface area contributed by atoms with Gasteiger partial charge in [0, 0.05) is 0 Å². The molecule has 1 aliphatic rings. The molecule has 2 rings (SSSR count). The Hall–Kier alpha value is 0.180. The minimum absolute atomic E-state index is 0.958. The van der Waals surface area contributed by atoms with E-state index in [1.54, 1.807) is 0 Å². The molecule has 0 N–H and O–H groups in total. The third-order valence-corrected chi connectivity index (χ3v) is 4.74. The molecule has 72 valence electrons. The molecule has 0 bridgehead atoms. The summed E-state index contributed by atoms with van der Waals surface area (Å²) >= 11 is 5.42. The van der Waals surface area contributed by atoms with Gasteiger partial charge in [-0.05, 0) is 45.3 Å². The van der Waals surface area contributed by atoms with Crippen LogP contribution in [0.15, 0.2) is 15.2 Å². The van der Waals surface area contributed by atoms with E-state index in [0.717, 1.165) is 5.92 Å². The Bertz CT molecular complexity index is 261. The van der Waals surface area contributed by atoms with Crippen LogP contribution >= 0.6 is 27.3 Å². The second-order valence-corrected chi connectivity index (χ2v) is 6.16. The van der Waals surface area contributed by atoms with Crippen molar-refractivity contribution in [2.45, 2.75) is 38.5 Å². The van der Waals surface area contributed by atoms with Gasteiger partial charge in [-0.2, -0.15) is 0 Å². The molecule has 1 saturated carbocycles. The van der Waals surface area contributed by atoms with Crippen LogP contribution in [-0.4, -0.2) is 0 Å². The van der Waals surface area contributed by atoms with Crippen LogP contribution in [0.25, 0.3) is 0 Å². The van der Waals surface area contributed by atoms with Crippen LogP contribution in [0.5, 0.6) is 0 Å². The van der Waals surface area contributed by atoms with Crippen LogP contribution in [0, 0.1) is 5.92 Å². The molecule has 1 aromatic heterocycles. The van der Waals surface area contributed by atoms with Crippen molar-refractivity contribution in [3.63, 3.8) is 0 Å². The highest BCUT2D eigenvalue weighted by Crippen LogP contribution is 2.31. The first-order valence-corrected chi connectivity index (χ1v) is 6.75. The van der Waals surface area contributed by atoms with Gasteiger partial charge in [0.2, 0.25) is 0 Å². The first-order valence-electron chi connectivity index (χ1n) is 5.08. The van der Waals surface area contributed by atoms with Crippen molar-refractivity contribution in [1.82, 2.24) is 0 Å². The molecule has 0 atom stereocenters. The predicted octanol–water partition coefficient (Wildman–Crippen LogP) is 4.63. The maximum Gasteiger partial charge on any atom is 0.0730 e. The Labute approximate surface area is 92.5 Å². The molecule has 1 aromatic rings. The minimum Gasteiger partial charge on any atom is -0.137 e. The van der Waals surface area contributed by atoms with Crippen molar-refractivity contribution in [2.24, 2.45) is 5.92 Å². The highest BCUT2D eigenvalue weighted by atomic mass is 79.9. The molecular formula is C11H15BrS. The smallest absolute Gasteiger partial charge is 0.0730 e. The maximum absolute atomic E-state index is 3.61. The molecule has 13 heavy (non-hydrogen) atoms. The van der Waals surface area contributed by atoms with Gasteiger partial charge in [-0.25, -0.2) is 0 Å². The van der Waals surface area contributed by atoms with E-state index in [-0.39, 0.29) is 0 Å². The van der Waals surface area contributed by atoms with E-state index < -0.39 is 0 Å². The standard InChI is InChI=1S/C11H15BrS/c12-11-10(6-7-13-11)8-9-4-2-1-3-5-9/h6-7,9H,1-5,8H2. The molecule has 0 aromatic carbocycles. The molecule has 1 fully saturated rings.